The molecule has 0 saturated carbocycles. The number of rotatable bonds is 5. The molecule has 0 aliphatic carbocycles. The van der Waals surface area contributed by atoms with E-state index in [-0.39, 0.29) is 16.3 Å². The highest BCUT2D eigenvalue weighted by Crippen LogP contribution is 2.41. The number of phenolic OH excluding ortho intramolecular Hbond substituents is 1. The van der Waals surface area contributed by atoms with Crippen LogP contribution in [-0.4, -0.2) is 61.2 Å². The normalized spacial score (nSPS) is 15.1. The lowest BCUT2D eigenvalue weighted by molar-refractivity contribution is -0.106. The van der Waals surface area contributed by atoms with E-state index in [1.54, 1.807) is 49.5 Å². The molecule has 0 unspecified atom stereocenters. The molecule has 9 heteroatoms. The molecule has 1 aromatic heterocycles. The van der Waals surface area contributed by atoms with Gasteiger partial charge in [0, 0.05) is 69.2 Å². The first-order chi connectivity index (χ1) is 17.3. The van der Waals surface area contributed by atoms with E-state index in [1.165, 1.54) is 17.0 Å². The van der Waals surface area contributed by atoms with Crippen molar-refractivity contribution in [2.75, 3.05) is 43.5 Å². The van der Waals surface area contributed by atoms with Crippen LogP contribution in [-0.2, 0) is 4.79 Å². The van der Waals surface area contributed by atoms with E-state index in [2.05, 4.69) is 34.2 Å². The molecular formula is C27H27ClFN5O2. The summed E-state index contributed by atoms with van der Waals surface area (Å²) in [6.07, 6.45) is 2.23. The average Bonchev–Trinajstić information content (AvgIpc) is 2.86. The number of phenols is 1. The van der Waals surface area contributed by atoms with Gasteiger partial charge in [-0.2, -0.15) is 0 Å². The minimum absolute atomic E-state index is 0.0781. The second kappa shape index (κ2) is 10.9. The molecule has 3 aromatic rings. The third kappa shape index (κ3) is 5.54. The molecular weight excluding hydrogens is 481 g/mol. The van der Waals surface area contributed by atoms with Crippen LogP contribution in [0, 0.1) is 17.9 Å². The Labute approximate surface area is 215 Å². The van der Waals surface area contributed by atoms with Gasteiger partial charge < -0.3 is 20.2 Å². The van der Waals surface area contributed by atoms with Crippen molar-refractivity contribution in [2.24, 2.45) is 0 Å². The van der Waals surface area contributed by atoms with E-state index in [4.69, 9.17) is 11.6 Å². The molecule has 1 aliphatic rings. The van der Waals surface area contributed by atoms with Crippen LogP contribution in [0.3, 0.4) is 0 Å². The summed E-state index contributed by atoms with van der Waals surface area (Å²) in [6, 6.07) is 16.8. The summed E-state index contributed by atoms with van der Waals surface area (Å²) in [6.45, 7) is 4.57. The largest absolute Gasteiger partial charge is 0.507 e. The van der Waals surface area contributed by atoms with E-state index >= 15 is 0 Å². The Bertz CT molecular complexity index is 1340. The maximum atomic E-state index is 14.8. The number of aromatic nitrogens is 1. The average molecular weight is 508 g/mol. The lowest BCUT2D eigenvalue weighted by Gasteiger charge is -2.32. The van der Waals surface area contributed by atoms with E-state index in [1.807, 2.05) is 6.07 Å². The molecule has 2 heterocycles. The molecule has 0 spiro atoms. The summed E-state index contributed by atoms with van der Waals surface area (Å²) < 4.78 is 14.8. The third-order valence-corrected chi connectivity index (χ3v) is 6.14. The first-order valence-corrected chi connectivity index (χ1v) is 11.8. The zero-order valence-corrected chi connectivity index (χ0v) is 21.1. The quantitative estimate of drug-likeness (QED) is 0.307. The molecule has 36 heavy (non-hydrogen) atoms. The standard InChI is InChI=1S/C27H27ClFN5O2/c1-18-16-33(9-8-30-18)26-13-20(6-7-31-26)23-15-21(29)14-22(27(23)36)19-4-5-25(24(28)12-19)34(17-35)11-10-32(2)3/h4-7,12-15,17-18,30,36H,8-9,16H2,1-3H3/t18-/m1/s1. The predicted molar refractivity (Wildman–Crippen MR) is 141 cm³/mol. The van der Waals surface area contributed by atoms with E-state index in [0.717, 1.165) is 25.5 Å². The number of carbonyl (C=O) groups is 1. The summed E-state index contributed by atoms with van der Waals surface area (Å²) >= 11 is 6.46. The van der Waals surface area contributed by atoms with E-state index in [0.29, 0.717) is 34.8 Å². The number of benzene rings is 2. The number of carbonyl (C=O) groups excluding carboxylic acids is 1. The van der Waals surface area contributed by atoms with Crippen LogP contribution < -0.4 is 15.1 Å². The smallest absolute Gasteiger partial charge is 0.226 e. The molecule has 0 bridgehead atoms. The Morgan fingerprint density at radius 1 is 1.17 bits per heavy atom. The maximum Gasteiger partial charge on any atom is 0.226 e. The van der Waals surface area contributed by atoms with Gasteiger partial charge in [0.2, 0.25) is 6.41 Å². The van der Waals surface area contributed by atoms with Crippen LogP contribution in [0.2, 0.25) is 5.02 Å². The molecule has 7 nitrogen and oxygen atoms in total. The van der Waals surface area contributed by atoms with Crippen LogP contribution >= 0.6 is 11.6 Å². The molecule has 1 fully saturated rings. The first kappa shape index (κ1) is 25.3. The topological polar surface area (TPSA) is 71.9 Å². The molecule has 4 rings (SSSR count). The lowest BCUT2D eigenvalue weighted by Crippen LogP contribution is -2.49. The van der Waals surface area contributed by atoms with Crippen molar-refractivity contribution < 1.29 is 14.3 Å². The zero-order valence-electron chi connectivity index (χ0n) is 20.3. The predicted octanol–water partition coefficient (Wildman–Crippen LogP) is 4.15. The number of anilines is 2. The first-order valence-electron chi connectivity index (χ1n) is 11.5. The zero-order chi connectivity index (χ0) is 25.8. The maximum absolute atomic E-state index is 14.8. The van der Waals surface area contributed by atoms with Gasteiger partial charge in [0.25, 0.3) is 0 Å². The van der Waals surface area contributed by atoms with Crippen LogP contribution in [0.1, 0.15) is 6.92 Å². The van der Waals surface area contributed by atoms with Crippen molar-refractivity contribution in [3.63, 3.8) is 0 Å². The number of hydrogen-bond acceptors (Lipinski definition) is 6. The van der Waals surface area contributed by atoms with E-state index in [9.17, 15) is 14.3 Å². The van der Waals surface area contributed by atoms with Crippen LogP contribution in [0.15, 0.2) is 48.7 Å². The minimum atomic E-state index is -0.501. The summed E-state index contributed by atoms with van der Waals surface area (Å²) in [4.78, 5) is 21.0. The van der Waals surface area contributed by atoms with Crippen molar-refractivity contribution in [3.8, 4) is 40.1 Å². The van der Waals surface area contributed by atoms with Crippen LogP contribution in [0.4, 0.5) is 15.9 Å². The number of piperazine rings is 1. The van der Waals surface area contributed by atoms with Crippen molar-refractivity contribution >= 4 is 29.5 Å². The number of nitrogens with one attached hydrogen (secondary N) is 1. The SMILES string of the molecule is C[C@@H]1CN(c2cc(-c3cc(F)cc(-c4ccc(N(C#CN(C)C)C=O)c(Cl)c4)c3O)ccn2)CCN1. The fraction of sp³-hybridized carbons (Fsp3) is 0.259. The third-order valence-electron chi connectivity index (χ3n) is 5.84. The molecule has 1 atom stereocenters. The van der Waals surface area contributed by atoms with Gasteiger partial charge in [-0.1, -0.05) is 17.7 Å². The van der Waals surface area contributed by atoms with Crippen molar-refractivity contribution in [3.05, 3.63) is 59.5 Å². The fourth-order valence-electron chi connectivity index (χ4n) is 4.11. The van der Waals surface area contributed by atoms with Crippen molar-refractivity contribution in [1.29, 1.82) is 0 Å². The van der Waals surface area contributed by atoms with Gasteiger partial charge in [-0.05, 0) is 54.4 Å². The van der Waals surface area contributed by atoms with Crippen LogP contribution in [0.25, 0.3) is 22.3 Å². The van der Waals surface area contributed by atoms with Gasteiger partial charge in [-0.25, -0.2) is 14.3 Å². The number of aromatic hydroxyl groups is 1. The highest BCUT2D eigenvalue weighted by atomic mass is 35.5. The summed E-state index contributed by atoms with van der Waals surface area (Å²) in [5.74, 6) is 0.190. The Hall–Kier alpha value is -3.80. The monoisotopic (exact) mass is 507 g/mol. The van der Waals surface area contributed by atoms with Gasteiger partial charge in [0.1, 0.15) is 17.4 Å². The van der Waals surface area contributed by atoms with Gasteiger partial charge >= 0.3 is 0 Å². The highest BCUT2D eigenvalue weighted by Gasteiger charge is 2.20. The number of nitrogens with zero attached hydrogens (tertiary/aromatic N) is 4. The molecule has 186 valence electrons. The molecule has 1 amide bonds. The Balaban J connectivity index is 1.71. The number of pyridine rings is 1. The summed E-state index contributed by atoms with van der Waals surface area (Å²) in [7, 11) is 3.50. The Morgan fingerprint density at radius 2 is 1.89 bits per heavy atom. The van der Waals surface area contributed by atoms with E-state index < -0.39 is 5.82 Å². The Morgan fingerprint density at radius 3 is 2.53 bits per heavy atom. The highest BCUT2D eigenvalue weighted by molar-refractivity contribution is 6.34. The lowest BCUT2D eigenvalue weighted by atomic mass is 9.97. The second-order valence-corrected chi connectivity index (χ2v) is 9.22. The number of halogens is 2. The molecule has 0 radical (unpaired) electrons. The van der Waals surface area contributed by atoms with Crippen LogP contribution in [0.5, 0.6) is 5.75 Å². The molecule has 1 aliphatic heterocycles. The fourth-order valence-corrected chi connectivity index (χ4v) is 4.38. The van der Waals surface area contributed by atoms with Gasteiger partial charge in [0.05, 0.1) is 10.7 Å². The van der Waals surface area contributed by atoms with Gasteiger partial charge in [-0.3, -0.25) is 4.79 Å². The second-order valence-electron chi connectivity index (χ2n) is 8.81. The Kier molecular flexibility index (Phi) is 7.63. The van der Waals surface area contributed by atoms with Gasteiger partial charge in [0.15, 0.2) is 0 Å². The summed E-state index contributed by atoms with van der Waals surface area (Å²) in [5.41, 5.74) is 2.16. The molecule has 2 aromatic carbocycles. The molecule has 1 saturated heterocycles. The number of amides is 1. The summed E-state index contributed by atoms with van der Waals surface area (Å²) in [5, 5.41) is 14.8. The van der Waals surface area contributed by atoms with Crippen molar-refractivity contribution in [2.45, 2.75) is 13.0 Å². The number of hydrogen-bond donors (Lipinski definition) is 2. The van der Waals surface area contributed by atoms with Crippen molar-refractivity contribution in [1.82, 2.24) is 15.2 Å². The molecule has 2 N–H and O–H groups in total. The minimum Gasteiger partial charge on any atom is -0.507 e. The van der Waals surface area contributed by atoms with Gasteiger partial charge in [-0.15, -0.1) is 0 Å².